The summed E-state index contributed by atoms with van der Waals surface area (Å²) in [4.78, 5) is 26.0. The minimum Gasteiger partial charge on any atom is -0.447 e. The summed E-state index contributed by atoms with van der Waals surface area (Å²) in [6, 6.07) is 1.54. The third-order valence-electron chi connectivity index (χ3n) is 6.06. The molecule has 0 spiro atoms. The number of amides is 1. The van der Waals surface area contributed by atoms with Gasteiger partial charge in [0.25, 0.3) is 0 Å². The molecule has 1 amide bonds. The van der Waals surface area contributed by atoms with E-state index in [1.165, 1.54) is 0 Å². The maximum absolute atomic E-state index is 14.8. The van der Waals surface area contributed by atoms with Gasteiger partial charge in [-0.3, -0.25) is 9.52 Å². The monoisotopic (exact) mass is 473 g/mol. The third kappa shape index (κ3) is 6.24. The molecule has 2 aromatic heterocycles. The van der Waals surface area contributed by atoms with Gasteiger partial charge >= 0.3 is 6.09 Å². The maximum atomic E-state index is 14.8. The molecular formula is C24H34FN6O3+. The number of hydrogen-bond acceptors (Lipinski definition) is 6. The summed E-state index contributed by atoms with van der Waals surface area (Å²) in [7, 11) is 0. The largest absolute Gasteiger partial charge is 0.447 e. The molecule has 10 heteroatoms. The SMILES string of the molecule is Cc1cnn(Cc2cnc(N3CCC(=[NH+]OC4CCN(C(=O)OC(C)C)CC4)CC3)c(F)c2)c1. The molecule has 4 heterocycles. The smallest absolute Gasteiger partial charge is 0.410 e. The fourth-order valence-corrected chi connectivity index (χ4v) is 4.22. The van der Waals surface area contributed by atoms with Gasteiger partial charge in [0.15, 0.2) is 17.7 Å². The van der Waals surface area contributed by atoms with Crippen LogP contribution < -0.4 is 10.1 Å². The van der Waals surface area contributed by atoms with Crippen LogP contribution >= 0.6 is 0 Å². The van der Waals surface area contributed by atoms with E-state index in [1.807, 2.05) is 31.9 Å². The van der Waals surface area contributed by atoms with Crippen molar-refractivity contribution in [1.82, 2.24) is 19.7 Å². The van der Waals surface area contributed by atoms with Crippen molar-refractivity contribution in [2.45, 2.75) is 65.2 Å². The molecule has 2 aliphatic heterocycles. The average molecular weight is 474 g/mol. The predicted molar refractivity (Wildman–Crippen MR) is 125 cm³/mol. The fourth-order valence-electron chi connectivity index (χ4n) is 4.22. The lowest BCUT2D eigenvalue weighted by atomic mass is 10.1. The Kier molecular flexibility index (Phi) is 7.64. The van der Waals surface area contributed by atoms with Crippen molar-refractivity contribution in [3.05, 3.63) is 41.6 Å². The number of carbonyl (C=O) groups excluding carboxylic acids is 1. The fraction of sp³-hybridized carbons (Fsp3) is 0.583. The average Bonchev–Trinajstić information content (AvgIpc) is 3.22. The molecule has 184 valence electrons. The molecule has 0 bridgehead atoms. The lowest BCUT2D eigenvalue weighted by molar-refractivity contribution is -0.766. The first-order valence-electron chi connectivity index (χ1n) is 12.0. The number of nitrogens with one attached hydrogen (secondary N) is 1. The van der Waals surface area contributed by atoms with Crippen molar-refractivity contribution in [2.75, 3.05) is 31.1 Å². The Morgan fingerprint density at radius 2 is 1.94 bits per heavy atom. The summed E-state index contributed by atoms with van der Waals surface area (Å²) in [6.45, 7) is 8.77. The van der Waals surface area contributed by atoms with E-state index in [0.717, 1.165) is 42.5 Å². The van der Waals surface area contributed by atoms with Crippen molar-refractivity contribution in [3.63, 3.8) is 0 Å². The highest BCUT2D eigenvalue weighted by Gasteiger charge is 2.28. The van der Waals surface area contributed by atoms with Crippen molar-refractivity contribution in [2.24, 2.45) is 0 Å². The van der Waals surface area contributed by atoms with Crippen LogP contribution in [0.25, 0.3) is 0 Å². The molecule has 0 saturated carbocycles. The number of carbonyl (C=O) groups is 1. The molecule has 0 aliphatic carbocycles. The van der Waals surface area contributed by atoms with Gasteiger partial charge in [0.2, 0.25) is 5.71 Å². The van der Waals surface area contributed by atoms with Crippen molar-refractivity contribution in [3.8, 4) is 0 Å². The van der Waals surface area contributed by atoms with Crippen molar-refractivity contribution in [1.29, 1.82) is 0 Å². The Hall–Kier alpha value is -3.17. The maximum Gasteiger partial charge on any atom is 0.410 e. The van der Waals surface area contributed by atoms with Gasteiger partial charge in [0, 0.05) is 64.3 Å². The zero-order valence-corrected chi connectivity index (χ0v) is 20.2. The topological polar surface area (TPSA) is 86.7 Å². The number of anilines is 1. The second-order valence-corrected chi connectivity index (χ2v) is 9.29. The molecule has 0 unspecified atom stereocenters. The van der Waals surface area contributed by atoms with Gasteiger partial charge in [-0.25, -0.2) is 14.2 Å². The highest BCUT2D eigenvalue weighted by atomic mass is 19.1. The van der Waals surface area contributed by atoms with Crippen LogP contribution in [-0.4, -0.2) is 69.9 Å². The number of pyridine rings is 1. The molecule has 9 nitrogen and oxygen atoms in total. The van der Waals surface area contributed by atoms with Crippen LogP contribution in [0.5, 0.6) is 0 Å². The van der Waals surface area contributed by atoms with Crippen LogP contribution in [0, 0.1) is 12.7 Å². The lowest BCUT2D eigenvalue weighted by Gasteiger charge is -2.29. The van der Waals surface area contributed by atoms with E-state index in [2.05, 4.69) is 15.2 Å². The Morgan fingerprint density at radius 3 is 2.56 bits per heavy atom. The second-order valence-electron chi connectivity index (χ2n) is 9.29. The predicted octanol–water partition coefficient (Wildman–Crippen LogP) is 1.84. The van der Waals surface area contributed by atoms with E-state index < -0.39 is 0 Å². The molecule has 34 heavy (non-hydrogen) atoms. The highest BCUT2D eigenvalue weighted by Crippen LogP contribution is 2.21. The first-order valence-corrected chi connectivity index (χ1v) is 12.0. The zero-order chi connectivity index (χ0) is 24.1. The van der Waals surface area contributed by atoms with Gasteiger partial charge in [-0.05, 0) is 43.1 Å². The van der Waals surface area contributed by atoms with Gasteiger partial charge in [-0.2, -0.15) is 5.10 Å². The van der Waals surface area contributed by atoms with E-state index in [-0.39, 0.29) is 24.1 Å². The highest BCUT2D eigenvalue weighted by molar-refractivity contribution is 5.81. The Balaban J connectivity index is 1.23. The number of hydrogen-bond donors (Lipinski definition) is 1. The lowest BCUT2D eigenvalue weighted by Crippen LogP contribution is -2.75. The molecule has 2 aromatic rings. The number of ether oxygens (including phenoxy) is 1. The van der Waals surface area contributed by atoms with Crippen molar-refractivity contribution >= 4 is 17.6 Å². The molecule has 2 aliphatic rings. The van der Waals surface area contributed by atoms with Gasteiger partial charge < -0.3 is 14.5 Å². The normalized spacial score (nSPS) is 17.3. The second kappa shape index (κ2) is 10.8. The van der Waals surface area contributed by atoms with Gasteiger partial charge in [0.05, 0.1) is 18.8 Å². The number of nitrogens with zero attached hydrogens (tertiary/aromatic N) is 5. The number of aromatic nitrogens is 3. The van der Waals surface area contributed by atoms with Crippen LogP contribution in [0.3, 0.4) is 0 Å². The van der Waals surface area contributed by atoms with Crippen LogP contribution in [0.4, 0.5) is 15.0 Å². The Labute approximate surface area is 199 Å². The number of likely N-dealkylation sites (tertiary alicyclic amines) is 1. The van der Waals surface area contributed by atoms with Gasteiger partial charge in [-0.1, -0.05) is 0 Å². The summed E-state index contributed by atoms with van der Waals surface area (Å²) in [5.74, 6) is 0.0813. The number of halogens is 1. The quantitative estimate of drug-likeness (QED) is 0.645. The first-order chi connectivity index (χ1) is 16.4. The summed E-state index contributed by atoms with van der Waals surface area (Å²) < 4.78 is 21.8. The van der Waals surface area contributed by atoms with Crippen LogP contribution in [0.15, 0.2) is 24.7 Å². The number of piperidine rings is 2. The molecule has 1 N–H and O–H groups in total. The Bertz CT molecular complexity index is 1010. The molecule has 0 atom stereocenters. The zero-order valence-electron chi connectivity index (χ0n) is 20.2. The van der Waals surface area contributed by atoms with Crippen LogP contribution in [0.2, 0.25) is 0 Å². The summed E-state index contributed by atoms with van der Waals surface area (Å²) >= 11 is 0. The van der Waals surface area contributed by atoms with E-state index in [0.29, 0.717) is 38.5 Å². The van der Waals surface area contributed by atoms with Crippen LogP contribution in [0.1, 0.15) is 50.7 Å². The number of rotatable bonds is 6. The molecule has 2 saturated heterocycles. The molecule has 0 aromatic carbocycles. The minimum absolute atomic E-state index is 0.0545. The van der Waals surface area contributed by atoms with E-state index in [1.54, 1.807) is 28.0 Å². The summed E-state index contributed by atoms with van der Waals surface area (Å²) in [5.41, 5.74) is 2.95. The summed E-state index contributed by atoms with van der Waals surface area (Å²) in [6.07, 6.45) is 8.16. The third-order valence-corrected chi connectivity index (χ3v) is 6.06. The molecule has 4 rings (SSSR count). The molecule has 0 radical (unpaired) electrons. The number of aryl methyl sites for hydroxylation is 1. The minimum atomic E-state index is -0.309. The van der Waals surface area contributed by atoms with Gasteiger partial charge in [0.1, 0.15) is 0 Å². The Morgan fingerprint density at radius 1 is 1.21 bits per heavy atom. The van der Waals surface area contributed by atoms with Crippen molar-refractivity contribution < 1.29 is 23.9 Å². The van der Waals surface area contributed by atoms with Crippen LogP contribution in [-0.2, 0) is 16.1 Å². The molecular weight excluding hydrogens is 439 g/mol. The standard InChI is InChI=1S/C24H33FN6O3/c1-17(2)33-24(32)30-10-6-21(7-11-30)34-28-20-4-8-29(9-5-20)23-22(25)12-19(14-26-23)16-31-15-18(3)13-27-31/h12-15,17,21H,4-11,16H2,1-3H3/p+1. The first kappa shape index (κ1) is 24.0. The molecule has 2 fully saturated rings. The van der Waals surface area contributed by atoms with E-state index in [4.69, 9.17) is 9.57 Å². The van der Waals surface area contributed by atoms with E-state index in [9.17, 15) is 9.18 Å². The van der Waals surface area contributed by atoms with E-state index >= 15 is 0 Å². The van der Waals surface area contributed by atoms with Gasteiger partial charge in [-0.15, -0.1) is 0 Å². The summed E-state index contributed by atoms with van der Waals surface area (Å²) in [5, 5.41) is 7.37.